The van der Waals surface area contributed by atoms with E-state index in [4.69, 9.17) is 11.6 Å². The number of halogens is 4. The molecule has 45 heavy (non-hydrogen) atoms. The molecule has 0 heterocycles. The Morgan fingerprint density at radius 3 is 2.16 bits per heavy atom. The number of hydrogen-bond donors (Lipinski definition) is 3. The number of amides is 3. The van der Waals surface area contributed by atoms with Gasteiger partial charge in [0.25, 0.3) is 11.8 Å². The Morgan fingerprint density at radius 1 is 0.867 bits per heavy atom. The Bertz CT molecular complexity index is 1700. The minimum absolute atomic E-state index is 0.0135. The van der Waals surface area contributed by atoms with Crippen LogP contribution in [0, 0.1) is 0 Å². The average molecular weight is 653 g/mol. The van der Waals surface area contributed by atoms with Crippen LogP contribution in [-0.4, -0.2) is 37.6 Å². The second kappa shape index (κ2) is 14.8. The van der Waals surface area contributed by atoms with Crippen LogP contribution in [0.2, 0.25) is 5.02 Å². The molecule has 0 saturated carbocycles. The molecule has 232 valence electrons. The monoisotopic (exact) mass is 652 g/mol. The summed E-state index contributed by atoms with van der Waals surface area (Å²) in [6.45, 7) is 0. The van der Waals surface area contributed by atoms with Gasteiger partial charge >= 0.3 is 6.18 Å². The van der Waals surface area contributed by atoms with E-state index in [9.17, 15) is 27.6 Å². The lowest BCUT2D eigenvalue weighted by Gasteiger charge is -2.13. The number of alkyl halides is 3. The average Bonchev–Trinajstić information content (AvgIpc) is 3.01. The van der Waals surface area contributed by atoms with E-state index in [1.807, 2.05) is 43.3 Å². The van der Waals surface area contributed by atoms with Crippen LogP contribution in [0.25, 0.3) is 6.08 Å². The van der Waals surface area contributed by atoms with Crippen molar-refractivity contribution in [2.45, 2.75) is 11.1 Å². The highest BCUT2D eigenvalue weighted by Gasteiger charge is 2.31. The molecule has 0 aliphatic heterocycles. The molecule has 3 amide bonds. The van der Waals surface area contributed by atoms with Gasteiger partial charge in [-0.05, 0) is 78.4 Å². The van der Waals surface area contributed by atoms with Crippen molar-refractivity contribution in [1.82, 2.24) is 5.32 Å². The molecule has 0 aliphatic rings. The standard InChI is InChI=1S/C33H28ClF3N4O3S/c1-41(2)25-13-8-21(9-14-25)18-29(40-31(43)22-6-4-3-5-7-22)32(44)38-24-11-15-26(16-12-24)45-20-30(42)39-28-19-23(33(35,36)37)10-17-27(28)34/h3-19H,20H2,1-2H3,(H,38,44)(H,39,42)(H,40,43)/b29-18-. The molecule has 4 rings (SSSR count). The number of anilines is 3. The molecule has 0 atom stereocenters. The molecule has 0 bridgehead atoms. The fourth-order valence-corrected chi connectivity index (χ4v) is 4.81. The van der Waals surface area contributed by atoms with E-state index in [-0.39, 0.29) is 22.2 Å². The minimum Gasteiger partial charge on any atom is -0.378 e. The van der Waals surface area contributed by atoms with Crippen LogP contribution in [0.3, 0.4) is 0 Å². The predicted octanol–water partition coefficient (Wildman–Crippen LogP) is 7.57. The van der Waals surface area contributed by atoms with Crippen LogP contribution in [0.1, 0.15) is 21.5 Å². The highest BCUT2D eigenvalue weighted by atomic mass is 35.5. The van der Waals surface area contributed by atoms with Gasteiger partial charge in [0.05, 0.1) is 22.0 Å². The Balaban J connectivity index is 1.41. The first-order valence-electron chi connectivity index (χ1n) is 13.5. The molecular formula is C33H28ClF3N4O3S. The van der Waals surface area contributed by atoms with Crippen molar-refractivity contribution >= 4 is 64.2 Å². The summed E-state index contributed by atoms with van der Waals surface area (Å²) in [6, 6.07) is 25.3. The first-order valence-corrected chi connectivity index (χ1v) is 14.8. The van der Waals surface area contributed by atoms with Gasteiger partial charge in [-0.2, -0.15) is 13.2 Å². The molecule has 0 unspecified atom stereocenters. The van der Waals surface area contributed by atoms with E-state index in [0.717, 1.165) is 35.6 Å². The Hall–Kier alpha value is -4.74. The fraction of sp³-hybridized carbons (Fsp3) is 0.121. The maximum absolute atomic E-state index is 13.3. The van der Waals surface area contributed by atoms with Gasteiger partial charge in [0, 0.05) is 35.9 Å². The molecule has 0 aliphatic carbocycles. The lowest BCUT2D eigenvalue weighted by atomic mass is 10.1. The van der Waals surface area contributed by atoms with Gasteiger partial charge in [-0.1, -0.05) is 41.9 Å². The number of hydrogen-bond acceptors (Lipinski definition) is 5. The van der Waals surface area contributed by atoms with Crippen LogP contribution in [-0.2, 0) is 15.8 Å². The molecule has 0 radical (unpaired) electrons. The number of thioether (sulfide) groups is 1. The van der Waals surface area contributed by atoms with Gasteiger partial charge < -0.3 is 20.9 Å². The van der Waals surface area contributed by atoms with Crippen LogP contribution < -0.4 is 20.9 Å². The zero-order valence-electron chi connectivity index (χ0n) is 24.1. The summed E-state index contributed by atoms with van der Waals surface area (Å²) in [5.74, 6) is -1.63. The smallest absolute Gasteiger partial charge is 0.378 e. The largest absolute Gasteiger partial charge is 0.416 e. The molecule has 4 aromatic carbocycles. The van der Waals surface area contributed by atoms with Crippen molar-refractivity contribution in [3.8, 4) is 0 Å². The molecule has 3 N–H and O–H groups in total. The van der Waals surface area contributed by atoms with E-state index in [1.165, 1.54) is 0 Å². The van der Waals surface area contributed by atoms with Crippen molar-refractivity contribution in [2.24, 2.45) is 0 Å². The van der Waals surface area contributed by atoms with E-state index < -0.39 is 29.5 Å². The molecule has 7 nitrogen and oxygen atoms in total. The molecule has 0 saturated heterocycles. The molecular weight excluding hydrogens is 625 g/mol. The van der Waals surface area contributed by atoms with Crippen LogP contribution >= 0.6 is 23.4 Å². The van der Waals surface area contributed by atoms with Crippen molar-refractivity contribution in [2.75, 3.05) is 35.4 Å². The first kappa shape index (κ1) is 33.2. The lowest BCUT2D eigenvalue weighted by Crippen LogP contribution is -2.30. The number of carbonyl (C=O) groups is 3. The topological polar surface area (TPSA) is 90.5 Å². The zero-order chi connectivity index (χ0) is 32.6. The highest BCUT2D eigenvalue weighted by Crippen LogP contribution is 2.34. The second-order valence-corrected chi connectivity index (χ2v) is 11.3. The van der Waals surface area contributed by atoms with E-state index in [0.29, 0.717) is 21.7 Å². The Kier molecular flexibility index (Phi) is 10.9. The molecule has 0 aromatic heterocycles. The van der Waals surface area contributed by atoms with Crippen molar-refractivity contribution in [3.05, 3.63) is 124 Å². The summed E-state index contributed by atoms with van der Waals surface area (Å²) in [5.41, 5.74) is 1.48. The summed E-state index contributed by atoms with van der Waals surface area (Å²) in [7, 11) is 3.83. The van der Waals surface area contributed by atoms with Crippen LogP contribution in [0.4, 0.5) is 30.2 Å². The van der Waals surface area contributed by atoms with Gasteiger partial charge in [0.2, 0.25) is 5.91 Å². The molecule has 0 fully saturated rings. The summed E-state index contributed by atoms with van der Waals surface area (Å²) < 4.78 is 39.0. The fourth-order valence-electron chi connectivity index (χ4n) is 3.94. The summed E-state index contributed by atoms with van der Waals surface area (Å²) in [6.07, 6.45) is -2.99. The Labute approximate surface area is 267 Å². The van der Waals surface area contributed by atoms with Crippen LogP contribution in [0.15, 0.2) is 108 Å². The minimum atomic E-state index is -4.57. The van der Waals surface area contributed by atoms with Gasteiger partial charge in [0.1, 0.15) is 5.70 Å². The second-order valence-electron chi connectivity index (χ2n) is 9.87. The first-order chi connectivity index (χ1) is 21.4. The predicted molar refractivity (Wildman–Crippen MR) is 174 cm³/mol. The molecule has 12 heteroatoms. The van der Waals surface area contributed by atoms with Crippen molar-refractivity contribution in [3.63, 3.8) is 0 Å². The maximum atomic E-state index is 13.3. The lowest BCUT2D eigenvalue weighted by molar-refractivity contribution is -0.137. The maximum Gasteiger partial charge on any atom is 0.416 e. The third-order valence-electron chi connectivity index (χ3n) is 6.30. The van der Waals surface area contributed by atoms with Crippen LogP contribution in [0.5, 0.6) is 0 Å². The van der Waals surface area contributed by atoms with Gasteiger partial charge in [-0.3, -0.25) is 14.4 Å². The van der Waals surface area contributed by atoms with E-state index >= 15 is 0 Å². The number of nitrogens with zero attached hydrogens (tertiary/aromatic N) is 1. The Morgan fingerprint density at radius 2 is 1.53 bits per heavy atom. The highest BCUT2D eigenvalue weighted by molar-refractivity contribution is 8.00. The normalized spacial score (nSPS) is 11.5. The SMILES string of the molecule is CN(C)c1ccc(/C=C(\NC(=O)c2ccccc2)C(=O)Nc2ccc(SCC(=O)Nc3cc(C(F)(F)F)ccc3Cl)cc2)cc1. The third kappa shape index (κ3) is 9.62. The zero-order valence-corrected chi connectivity index (χ0v) is 25.7. The van der Waals surface area contributed by atoms with E-state index in [2.05, 4.69) is 16.0 Å². The summed E-state index contributed by atoms with van der Waals surface area (Å²) >= 11 is 7.10. The number of rotatable bonds is 10. The molecule has 0 spiro atoms. The van der Waals surface area contributed by atoms with Gasteiger partial charge in [-0.25, -0.2) is 0 Å². The number of nitrogens with one attached hydrogen (secondary N) is 3. The van der Waals surface area contributed by atoms with Gasteiger partial charge in [-0.15, -0.1) is 11.8 Å². The van der Waals surface area contributed by atoms with Crippen molar-refractivity contribution in [1.29, 1.82) is 0 Å². The third-order valence-corrected chi connectivity index (χ3v) is 7.64. The summed E-state index contributed by atoms with van der Waals surface area (Å²) in [5, 5.41) is 7.86. The van der Waals surface area contributed by atoms with Crippen molar-refractivity contribution < 1.29 is 27.6 Å². The van der Waals surface area contributed by atoms with E-state index in [1.54, 1.807) is 60.7 Å². The van der Waals surface area contributed by atoms with Gasteiger partial charge in [0.15, 0.2) is 0 Å². The quantitative estimate of drug-likeness (QED) is 0.122. The molecule has 4 aromatic rings. The number of carbonyl (C=O) groups excluding carboxylic acids is 3. The number of benzene rings is 4. The summed E-state index contributed by atoms with van der Waals surface area (Å²) in [4.78, 5) is 41.2.